The van der Waals surface area contributed by atoms with E-state index in [0.29, 0.717) is 11.4 Å². The highest BCUT2D eigenvalue weighted by atomic mass is 35.5. The number of hydrogen-bond acceptors (Lipinski definition) is 2. The molecule has 1 aliphatic rings. The number of halogens is 1. The topological polar surface area (TPSA) is 41.5 Å². The molecule has 0 saturated heterocycles. The molecule has 0 heterocycles. The third-order valence-electron chi connectivity index (χ3n) is 3.76. The van der Waals surface area contributed by atoms with Crippen molar-refractivity contribution in [3.05, 3.63) is 34.9 Å². The van der Waals surface area contributed by atoms with Gasteiger partial charge in [0.2, 0.25) is 5.91 Å². The molecule has 3 nitrogen and oxygen atoms in total. The van der Waals surface area contributed by atoms with Crippen molar-refractivity contribution in [3.63, 3.8) is 0 Å². The van der Waals surface area contributed by atoms with Crippen LogP contribution in [-0.2, 0) is 4.79 Å². The van der Waals surface area contributed by atoms with Crippen molar-refractivity contribution < 1.29 is 4.79 Å². The van der Waals surface area contributed by atoms with Crippen LogP contribution in [0.15, 0.2) is 29.4 Å². The molecule has 1 amide bonds. The number of hydrazone groups is 1. The molecule has 0 unspecified atom stereocenters. The average Bonchev–Trinajstić information content (AvgIpc) is 2.46. The second kappa shape index (κ2) is 8.05. The molecule has 2 rings (SSSR count). The van der Waals surface area contributed by atoms with Crippen LogP contribution in [0.4, 0.5) is 0 Å². The summed E-state index contributed by atoms with van der Waals surface area (Å²) >= 11 is 5.87. The van der Waals surface area contributed by atoms with Gasteiger partial charge in [-0.3, -0.25) is 4.79 Å². The van der Waals surface area contributed by atoms with Crippen LogP contribution in [-0.4, -0.2) is 12.1 Å². The summed E-state index contributed by atoms with van der Waals surface area (Å²) in [5, 5.41) is 4.63. The van der Waals surface area contributed by atoms with Gasteiger partial charge in [-0.1, -0.05) is 55.8 Å². The van der Waals surface area contributed by atoms with E-state index in [0.717, 1.165) is 17.9 Å². The van der Waals surface area contributed by atoms with Gasteiger partial charge in [0.25, 0.3) is 0 Å². The van der Waals surface area contributed by atoms with Crippen molar-refractivity contribution in [1.29, 1.82) is 0 Å². The fourth-order valence-electron chi connectivity index (χ4n) is 2.63. The van der Waals surface area contributed by atoms with E-state index in [1.54, 1.807) is 12.3 Å². The number of amides is 1. The Morgan fingerprint density at radius 3 is 2.90 bits per heavy atom. The third kappa shape index (κ3) is 5.33. The minimum atomic E-state index is -0.00569. The van der Waals surface area contributed by atoms with Crippen molar-refractivity contribution in [1.82, 2.24) is 5.43 Å². The normalized spacial score (nSPS) is 16.4. The quantitative estimate of drug-likeness (QED) is 0.643. The van der Waals surface area contributed by atoms with E-state index >= 15 is 0 Å². The highest BCUT2D eigenvalue weighted by Gasteiger charge is 2.14. The van der Waals surface area contributed by atoms with Crippen LogP contribution in [0.25, 0.3) is 0 Å². The Morgan fingerprint density at radius 2 is 2.15 bits per heavy atom. The number of carbonyl (C=O) groups is 1. The molecule has 1 fully saturated rings. The standard InChI is InChI=1S/C16H21ClN2O/c17-15-8-4-7-14(11-15)12-18-19-16(20)10-9-13-5-2-1-3-6-13/h4,7-8,11-13H,1-3,5-6,9-10H2,(H,19,20)/b18-12+. The Hall–Kier alpha value is -1.35. The van der Waals surface area contributed by atoms with Gasteiger partial charge in [-0.2, -0.15) is 5.10 Å². The molecule has 1 aromatic carbocycles. The number of rotatable bonds is 5. The molecular weight excluding hydrogens is 272 g/mol. The molecule has 4 heteroatoms. The Balaban J connectivity index is 1.69. The summed E-state index contributed by atoms with van der Waals surface area (Å²) in [5.74, 6) is 0.722. The molecule has 0 radical (unpaired) electrons. The second-order valence-corrected chi connectivity index (χ2v) is 5.83. The van der Waals surface area contributed by atoms with Crippen LogP contribution >= 0.6 is 11.6 Å². The van der Waals surface area contributed by atoms with Gasteiger partial charge in [0, 0.05) is 11.4 Å². The van der Waals surface area contributed by atoms with Crippen LogP contribution in [0.1, 0.15) is 50.5 Å². The summed E-state index contributed by atoms with van der Waals surface area (Å²) in [7, 11) is 0. The molecule has 108 valence electrons. The number of nitrogens with one attached hydrogen (secondary N) is 1. The van der Waals surface area contributed by atoms with Gasteiger partial charge in [-0.25, -0.2) is 5.43 Å². The Labute approximate surface area is 125 Å². The van der Waals surface area contributed by atoms with Crippen LogP contribution in [0.2, 0.25) is 5.02 Å². The predicted molar refractivity (Wildman–Crippen MR) is 83.0 cm³/mol. The fraction of sp³-hybridized carbons (Fsp3) is 0.500. The van der Waals surface area contributed by atoms with Gasteiger partial charge in [0.05, 0.1) is 6.21 Å². The molecule has 20 heavy (non-hydrogen) atoms. The van der Waals surface area contributed by atoms with E-state index < -0.39 is 0 Å². The average molecular weight is 293 g/mol. The monoisotopic (exact) mass is 292 g/mol. The summed E-state index contributed by atoms with van der Waals surface area (Å²) in [6.07, 6.45) is 9.71. The number of hydrogen-bond donors (Lipinski definition) is 1. The maximum absolute atomic E-state index is 11.7. The van der Waals surface area contributed by atoms with E-state index in [1.807, 2.05) is 18.2 Å². The first-order valence-electron chi connectivity index (χ1n) is 7.31. The van der Waals surface area contributed by atoms with Gasteiger partial charge in [-0.15, -0.1) is 0 Å². The number of carbonyl (C=O) groups excluding carboxylic acids is 1. The number of nitrogens with zero attached hydrogens (tertiary/aromatic N) is 1. The van der Waals surface area contributed by atoms with Crippen molar-refractivity contribution in [2.75, 3.05) is 0 Å². The maximum Gasteiger partial charge on any atom is 0.240 e. The highest BCUT2D eigenvalue weighted by Crippen LogP contribution is 2.27. The molecule has 1 N–H and O–H groups in total. The lowest BCUT2D eigenvalue weighted by Gasteiger charge is -2.20. The molecular formula is C16H21ClN2O. The summed E-state index contributed by atoms with van der Waals surface area (Å²) in [6.45, 7) is 0. The van der Waals surface area contributed by atoms with E-state index in [-0.39, 0.29) is 5.91 Å². The lowest BCUT2D eigenvalue weighted by atomic mass is 9.86. The first-order valence-corrected chi connectivity index (χ1v) is 7.69. The van der Waals surface area contributed by atoms with Crippen LogP contribution in [0, 0.1) is 5.92 Å². The molecule has 0 spiro atoms. The summed E-state index contributed by atoms with van der Waals surface area (Å²) in [6, 6.07) is 7.36. The lowest BCUT2D eigenvalue weighted by molar-refractivity contribution is -0.121. The molecule has 1 aromatic rings. The maximum atomic E-state index is 11.7. The Morgan fingerprint density at radius 1 is 1.35 bits per heavy atom. The summed E-state index contributed by atoms with van der Waals surface area (Å²) < 4.78 is 0. The van der Waals surface area contributed by atoms with Crippen molar-refractivity contribution >= 4 is 23.7 Å². The van der Waals surface area contributed by atoms with Crippen molar-refractivity contribution in [3.8, 4) is 0 Å². The van der Waals surface area contributed by atoms with E-state index in [4.69, 9.17) is 11.6 Å². The third-order valence-corrected chi connectivity index (χ3v) is 3.99. The lowest BCUT2D eigenvalue weighted by Crippen LogP contribution is -2.19. The van der Waals surface area contributed by atoms with Gasteiger partial charge in [0.1, 0.15) is 0 Å². The van der Waals surface area contributed by atoms with Crippen molar-refractivity contribution in [2.45, 2.75) is 44.9 Å². The first-order chi connectivity index (χ1) is 9.74. The molecule has 0 bridgehead atoms. The summed E-state index contributed by atoms with van der Waals surface area (Å²) in [4.78, 5) is 11.7. The Kier molecular flexibility index (Phi) is 6.06. The van der Waals surface area contributed by atoms with Gasteiger partial charge < -0.3 is 0 Å². The van der Waals surface area contributed by atoms with E-state index in [9.17, 15) is 4.79 Å². The molecule has 0 aromatic heterocycles. The largest absolute Gasteiger partial charge is 0.273 e. The molecule has 0 atom stereocenters. The van der Waals surface area contributed by atoms with Crippen LogP contribution < -0.4 is 5.43 Å². The first kappa shape index (κ1) is 15.0. The second-order valence-electron chi connectivity index (χ2n) is 5.39. The molecule has 1 saturated carbocycles. The minimum absolute atomic E-state index is 0.00569. The highest BCUT2D eigenvalue weighted by molar-refractivity contribution is 6.30. The number of benzene rings is 1. The molecule has 0 aliphatic heterocycles. The van der Waals surface area contributed by atoms with Crippen LogP contribution in [0.5, 0.6) is 0 Å². The Bertz CT molecular complexity index is 467. The zero-order chi connectivity index (χ0) is 14.2. The minimum Gasteiger partial charge on any atom is -0.273 e. The predicted octanol–water partition coefficient (Wildman–Crippen LogP) is 4.15. The van der Waals surface area contributed by atoms with Gasteiger partial charge in [-0.05, 0) is 30.0 Å². The van der Waals surface area contributed by atoms with Crippen LogP contribution in [0.3, 0.4) is 0 Å². The SMILES string of the molecule is O=C(CCC1CCCCC1)N/N=C/c1cccc(Cl)c1. The van der Waals surface area contributed by atoms with Gasteiger partial charge >= 0.3 is 0 Å². The fourth-order valence-corrected chi connectivity index (χ4v) is 2.83. The smallest absolute Gasteiger partial charge is 0.240 e. The zero-order valence-electron chi connectivity index (χ0n) is 11.6. The van der Waals surface area contributed by atoms with E-state index in [2.05, 4.69) is 10.5 Å². The molecule has 1 aliphatic carbocycles. The zero-order valence-corrected chi connectivity index (χ0v) is 12.4. The van der Waals surface area contributed by atoms with E-state index in [1.165, 1.54) is 32.1 Å². The van der Waals surface area contributed by atoms with Crippen molar-refractivity contribution in [2.24, 2.45) is 11.0 Å². The van der Waals surface area contributed by atoms with Gasteiger partial charge in [0.15, 0.2) is 0 Å². The summed E-state index contributed by atoms with van der Waals surface area (Å²) in [5.41, 5.74) is 3.46.